The second-order valence-electron chi connectivity index (χ2n) is 3.94. The number of nitrogens with one attached hydrogen (secondary N) is 1. The summed E-state index contributed by atoms with van der Waals surface area (Å²) >= 11 is 0. The van der Waals surface area contributed by atoms with E-state index in [4.69, 9.17) is 5.73 Å². The van der Waals surface area contributed by atoms with Gasteiger partial charge in [-0.2, -0.15) is 0 Å². The number of benzene rings is 1. The second-order valence-corrected chi connectivity index (χ2v) is 5.78. The zero-order chi connectivity index (χ0) is 15.9. The monoisotopic (exact) mass is 314 g/mol. The summed E-state index contributed by atoms with van der Waals surface area (Å²) in [5.41, 5.74) is 5.53. The smallest absolute Gasteiger partial charge is 0.306 e. The molecule has 21 heavy (non-hydrogen) atoms. The Morgan fingerprint density at radius 1 is 1.48 bits per heavy atom. The molecule has 0 spiro atoms. The van der Waals surface area contributed by atoms with Crippen LogP contribution in [0.25, 0.3) is 0 Å². The van der Waals surface area contributed by atoms with Gasteiger partial charge in [-0.05, 0) is 18.2 Å². The standard InChI is InChI=1S/C13H15FN2O4S/c1-20-13(17)6-8-21(18,19)16-12-5-4-11(14)9-10(12)3-2-7-15/h4-5,9,16H,6-8,15H2,1H3. The van der Waals surface area contributed by atoms with Gasteiger partial charge in [-0.15, -0.1) is 0 Å². The fourth-order valence-corrected chi connectivity index (χ4v) is 2.44. The molecule has 0 saturated carbocycles. The molecule has 1 aromatic carbocycles. The SMILES string of the molecule is COC(=O)CCS(=O)(=O)Nc1ccc(F)cc1C#CCN. The van der Waals surface area contributed by atoms with Crippen molar-refractivity contribution in [2.45, 2.75) is 6.42 Å². The van der Waals surface area contributed by atoms with Gasteiger partial charge in [-0.25, -0.2) is 12.8 Å². The Kier molecular flexibility index (Phi) is 6.14. The minimum atomic E-state index is -3.77. The molecule has 114 valence electrons. The van der Waals surface area contributed by atoms with Crippen LogP contribution in [0.5, 0.6) is 0 Å². The van der Waals surface area contributed by atoms with Gasteiger partial charge < -0.3 is 10.5 Å². The molecule has 0 amide bonds. The molecule has 6 nitrogen and oxygen atoms in total. The highest BCUT2D eigenvalue weighted by Gasteiger charge is 2.15. The summed E-state index contributed by atoms with van der Waals surface area (Å²) in [4.78, 5) is 11.0. The van der Waals surface area contributed by atoms with Crippen molar-refractivity contribution in [2.24, 2.45) is 5.73 Å². The quantitative estimate of drug-likeness (QED) is 0.607. The van der Waals surface area contributed by atoms with Crippen molar-refractivity contribution >= 4 is 21.7 Å². The normalized spacial score (nSPS) is 10.4. The van der Waals surface area contributed by atoms with Crippen LogP contribution in [0, 0.1) is 17.7 Å². The number of methoxy groups -OCH3 is 1. The van der Waals surface area contributed by atoms with Crippen LogP contribution in [0.1, 0.15) is 12.0 Å². The van der Waals surface area contributed by atoms with Crippen LogP contribution in [0.3, 0.4) is 0 Å². The van der Waals surface area contributed by atoms with E-state index < -0.39 is 27.6 Å². The van der Waals surface area contributed by atoms with Gasteiger partial charge >= 0.3 is 5.97 Å². The number of anilines is 1. The summed E-state index contributed by atoms with van der Waals surface area (Å²) < 4.78 is 43.5. The highest BCUT2D eigenvalue weighted by molar-refractivity contribution is 7.92. The number of hydrogen-bond acceptors (Lipinski definition) is 5. The average Bonchev–Trinajstić information content (AvgIpc) is 2.44. The lowest BCUT2D eigenvalue weighted by molar-refractivity contribution is -0.140. The van der Waals surface area contributed by atoms with Crippen molar-refractivity contribution < 1.29 is 22.3 Å². The fourth-order valence-electron chi connectivity index (χ4n) is 1.39. The molecule has 0 aliphatic heterocycles. The molecule has 0 aliphatic carbocycles. The molecule has 0 heterocycles. The van der Waals surface area contributed by atoms with Crippen LogP contribution in [-0.2, 0) is 19.6 Å². The number of rotatable bonds is 5. The Hall–Kier alpha value is -2.11. The summed E-state index contributed by atoms with van der Waals surface area (Å²) in [6, 6.07) is 3.46. The molecule has 0 radical (unpaired) electrons. The van der Waals surface area contributed by atoms with Gasteiger partial charge in [-0.3, -0.25) is 9.52 Å². The Labute approximate surface area is 122 Å². The van der Waals surface area contributed by atoms with Crippen LogP contribution in [0.2, 0.25) is 0 Å². The molecule has 0 aliphatic rings. The minimum absolute atomic E-state index is 0.0606. The zero-order valence-electron chi connectivity index (χ0n) is 11.3. The van der Waals surface area contributed by atoms with E-state index in [1.165, 1.54) is 13.2 Å². The Bertz CT molecular complexity index is 677. The maximum Gasteiger partial charge on any atom is 0.306 e. The summed E-state index contributed by atoms with van der Waals surface area (Å²) in [6.07, 6.45) is -0.281. The lowest BCUT2D eigenvalue weighted by Crippen LogP contribution is -2.20. The molecule has 0 saturated heterocycles. The van der Waals surface area contributed by atoms with Crippen molar-refractivity contribution in [3.05, 3.63) is 29.6 Å². The molecule has 3 N–H and O–H groups in total. The molecule has 0 bridgehead atoms. The zero-order valence-corrected chi connectivity index (χ0v) is 12.2. The van der Waals surface area contributed by atoms with E-state index in [9.17, 15) is 17.6 Å². The number of hydrogen-bond donors (Lipinski definition) is 2. The summed E-state index contributed by atoms with van der Waals surface area (Å²) in [6.45, 7) is 0.0606. The first-order valence-corrected chi connectivity index (χ1v) is 7.59. The van der Waals surface area contributed by atoms with Gasteiger partial charge in [0.15, 0.2) is 0 Å². The van der Waals surface area contributed by atoms with Gasteiger partial charge in [0.1, 0.15) is 5.82 Å². The van der Waals surface area contributed by atoms with E-state index in [-0.39, 0.29) is 24.2 Å². The lowest BCUT2D eigenvalue weighted by Gasteiger charge is -2.09. The Balaban J connectivity index is 2.93. The van der Waals surface area contributed by atoms with Crippen LogP contribution in [0.4, 0.5) is 10.1 Å². The molecule has 0 fully saturated rings. The molecule has 0 aromatic heterocycles. The van der Waals surface area contributed by atoms with E-state index in [1.54, 1.807) is 0 Å². The molecular formula is C13H15FN2O4S. The molecule has 0 unspecified atom stereocenters. The van der Waals surface area contributed by atoms with E-state index in [1.807, 2.05) is 0 Å². The summed E-state index contributed by atoms with van der Waals surface area (Å²) in [7, 11) is -2.60. The van der Waals surface area contributed by atoms with Crippen LogP contribution < -0.4 is 10.5 Å². The molecular weight excluding hydrogens is 299 g/mol. The number of sulfonamides is 1. The third-order valence-corrected chi connectivity index (χ3v) is 3.65. The highest BCUT2D eigenvalue weighted by atomic mass is 32.2. The van der Waals surface area contributed by atoms with E-state index >= 15 is 0 Å². The highest BCUT2D eigenvalue weighted by Crippen LogP contribution is 2.17. The van der Waals surface area contributed by atoms with Crippen LogP contribution >= 0.6 is 0 Å². The lowest BCUT2D eigenvalue weighted by atomic mass is 10.2. The second kappa shape index (κ2) is 7.61. The average molecular weight is 314 g/mol. The largest absolute Gasteiger partial charge is 0.469 e. The van der Waals surface area contributed by atoms with Gasteiger partial charge in [0.05, 0.1) is 37.1 Å². The van der Waals surface area contributed by atoms with E-state index in [2.05, 4.69) is 21.3 Å². The number of carbonyl (C=O) groups is 1. The minimum Gasteiger partial charge on any atom is -0.469 e. The fraction of sp³-hybridized carbons (Fsp3) is 0.308. The number of nitrogens with two attached hydrogens (primary N) is 1. The van der Waals surface area contributed by atoms with Crippen molar-refractivity contribution in [1.82, 2.24) is 0 Å². The number of halogens is 1. The van der Waals surface area contributed by atoms with Gasteiger partial charge in [0.2, 0.25) is 10.0 Å². The molecule has 8 heteroatoms. The number of carbonyl (C=O) groups excluding carboxylic acids is 1. The summed E-state index contributed by atoms with van der Waals surface area (Å²) in [5.74, 6) is 3.47. The Morgan fingerprint density at radius 2 is 2.19 bits per heavy atom. The van der Waals surface area contributed by atoms with Crippen LogP contribution in [-0.4, -0.2) is 33.8 Å². The predicted octanol–water partition coefficient (Wildman–Crippen LogP) is 0.441. The van der Waals surface area contributed by atoms with Crippen molar-refractivity contribution in [3.63, 3.8) is 0 Å². The third-order valence-electron chi connectivity index (χ3n) is 2.37. The van der Waals surface area contributed by atoms with Gasteiger partial charge in [-0.1, -0.05) is 11.8 Å². The number of ether oxygens (including phenoxy) is 1. The first kappa shape index (κ1) is 16.9. The maximum absolute atomic E-state index is 13.2. The summed E-state index contributed by atoms with van der Waals surface area (Å²) in [5, 5.41) is 0. The third kappa shape index (κ3) is 5.81. The number of esters is 1. The first-order chi connectivity index (χ1) is 9.88. The van der Waals surface area contributed by atoms with Gasteiger partial charge in [0.25, 0.3) is 0 Å². The van der Waals surface area contributed by atoms with Crippen molar-refractivity contribution in [1.29, 1.82) is 0 Å². The van der Waals surface area contributed by atoms with Crippen LogP contribution in [0.15, 0.2) is 18.2 Å². The van der Waals surface area contributed by atoms with Gasteiger partial charge in [0, 0.05) is 0 Å². The predicted molar refractivity (Wildman–Crippen MR) is 76.4 cm³/mol. The molecule has 1 rings (SSSR count). The van der Waals surface area contributed by atoms with E-state index in [0.717, 1.165) is 12.1 Å². The van der Waals surface area contributed by atoms with Crippen molar-refractivity contribution in [3.8, 4) is 11.8 Å². The first-order valence-electron chi connectivity index (χ1n) is 5.94. The maximum atomic E-state index is 13.2. The topological polar surface area (TPSA) is 98.5 Å². The van der Waals surface area contributed by atoms with Crippen molar-refractivity contribution in [2.75, 3.05) is 24.1 Å². The molecule has 1 aromatic rings. The molecule has 0 atom stereocenters. The Morgan fingerprint density at radius 3 is 2.81 bits per heavy atom. The van der Waals surface area contributed by atoms with E-state index in [0.29, 0.717) is 0 Å².